The highest BCUT2D eigenvalue weighted by Gasteiger charge is 2.40. The van der Waals surface area contributed by atoms with Crippen LogP contribution < -0.4 is 15.5 Å². The number of hydrogen-bond acceptors (Lipinski definition) is 7. The van der Waals surface area contributed by atoms with Crippen LogP contribution in [0, 0.1) is 6.92 Å². The molecule has 1 saturated heterocycles. The molecule has 2 aliphatic rings. The minimum atomic E-state index is -0.893. The smallest absolute Gasteiger partial charge is 0.262 e. The molecule has 9 heteroatoms. The summed E-state index contributed by atoms with van der Waals surface area (Å²) in [6, 6.07) is 7.63. The molecule has 31 heavy (non-hydrogen) atoms. The van der Waals surface area contributed by atoms with E-state index in [0.717, 1.165) is 23.8 Å². The first-order valence-electron chi connectivity index (χ1n) is 10.5. The second kappa shape index (κ2) is 8.71. The largest absolute Gasteiger partial charge is 0.368 e. The van der Waals surface area contributed by atoms with E-state index in [2.05, 4.69) is 25.5 Å². The molecule has 0 aliphatic carbocycles. The van der Waals surface area contributed by atoms with Crippen LogP contribution >= 0.6 is 0 Å². The Labute approximate surface area is 180 Å². The topological polar surface area (TPSA) is 108 Å². The predicted molar refractivity (Wildman–Crippen MR) is 116 cm³/mol. The molecule has 0 saturated carbocycles. The minimum absolute atomic E-state index is 0.328. The van der Waals surface area contributed by atoms with Gasteiger partial charge in [0.1, 0.15) is 23.5 Å². The Bertz CT molecular complexity index is 983. The molecule has 2 aromatic rings. The fourth-order valence-corrected chi connectivity index (χ4v) is 3.95. The molecule has 0 radical (unpaired) electrons. The van der Waals surface area contributed by atoms with E-state index in [1.807, 2.05) is 13.0 Å². The third-order valence-corrected chi connectivity index (χ3v) is 5.58. The highest BCUT2D eigenvalue weighted by atomic mass is 16.2. The lowest BCUT2D eigenvalue weighted by molar-refractivity contribution is -0.124. The van der Waals surface area contributed by atoms with Crippen molar-refractivity contribution >= 4 is 29.4 Å². The number of anilines is 2. The quantitative estimate of drug-likeness (QED) is 0.515. The normalized spacial score (nSPS) is 16.5. The maximum absolute atomic E-state index is 12.5. The number of benzene rings is 1. The number of carbonyl (C=O) groups is 3. The lowest BCUT2D eigenvalue weighted by Gasteiger charge is -2.22. The Kier molecular flexibility index (Phi) is 5.83. The number of aryl methyl sites for hydroxylation is 1. The van der Waals surface area contributed by atoms with E-state index in [9.17, 15) is 14.4 Å². The molecule has 3 amide bonds. The summed E-state index contributed by atoms with van der Waals surface area (Å²) in [6.45, 7) is 6.20. The van der Waals surface area contributed by atoms with Crippen molar-refractivity contribution in [3.8, 4) is 0 Å². The number of rotatable bonds is 7. The van der Waals surface area contributed by atoms with E-state index in [4.69, 9.17) is 0 Å². The minimum Gasteiger partial charge on any atom is -0.368 e. The second-order valence-corrected chi connectivity index (χ2v) is 7.77. The van der Waals surface area contributed by atoms with Gasteiger partial charge in [-0.25, -0.2) is 9.97 Å². The van der Waals surface area contributed by atoms with Crippen LogP contribution in [0.5, 0.6) is 0 Å². The molecule has 0 bridgehead atoms. The van der Waals surface area contributed by atoms with E-state index in [-0.39, 0.29) is 5.91 Å². The van der Waals surface area contributed by atoms with Crippen LogP contribution in [0.1, 0.15) is 46.3 Å². The molecule has 1 aromatic carbocycles. The van der Waals surface area contributed by atoms with Crippen LogP contribution in [0.2, 0.25) is 0 Å². The van der Waals surface area contributed by atoms with Gasteiger partial charge in [-0.05, 0) is 38.8 Å². The Balaban J connectivity index is 1.30. The predicted octanol–water partition coefficient (Wildman–Crippen LogP) is 1.60. The Morgan fingerprint density at radius 1 is 1.06 bits per heavy atom. The summed E-state index contributed by atoms with van der Waals surface area (Å²) < 4.78 is 0. The molecule has 2 N–H and O–H groups in total. The van der Waals surface area contributed by atoms with E-state index < -0.39 is 17.9 Å². The van der Waals surface area contributed by atoms with Crippen LogP contribution in [-0.4, -0.2) is 64.8 Å². The lowest BCUT2D eigenvalue weighted by Crippen LogP contribution is -2.48. The maximum Gasteiger partial charge on any atom is 0.262 e. The van der Waals surface area contributed by atoms with Gasteiger partial charge in [-0.2, -0.15) is 0 Å². The molecule has 9 nitrogen and oxygen atoms in total. The Hall–Kier alpha value is -3.49. The van der Waals surface area contributed by atoms with E-state index in [1.165, 1.54) is 12.8 Å². The fourth-order valence-electron chi connectivity index (χ4n) is 3.95. The molecule has 1 unspecified atom stereocenters. The zero-order chi connectivity index (χ0) is 22.0. The molecule has 2 aliphatic heterocycles. The van der Waals surface area contributed by atoms with Gasteiger partial charge in [0.15, 0.2) is 0 Å². The SMILES string of the molecule is Cc1nc(NCCNC(=O)C(C)N2C(=O)c3ccccc3C2=O)cc(N2CCCC2)n1. The van der Waals surface area contributed by atoms with E-state index in [0.29, 0.717) is 35.9 Å². The van der Waals surface area contributed by atoms with Gasteiger partial charge in [0.25, 0.3) is 11.8 Å². The zero-order valence-electron chi connectivity index (χ0n) is 17.7. The maximum atomic E-state index is 12.5. The summed E-state index contributed by atoms with van der Waals surface area (Å²) in [5, 5.41) is 5.99. The molecule has 0 spiro atoms. The lowest BCUT2D eigenvalue weighted by atomic mass is 10.1. The number of fused-ring (bicyclic) bond motifs is 1. The van der Waals surface area contributed by atoms with Gasteiger partial charge in [-0.1, -0.05) is 12.1 Å². The average molecular weight is 422 g/mol. The molecular weight excluding hydrogens is 396 g/mol. The third-order valence-electron chi connectivity index (χ3n) is 5.58. The first-order chi connectivity index (χ1) is 15.0. The molecule has 1 aromatic heterocycles. The van der Waals surface area contributed by atoms with Crippen molar-refractivity contribution in [2.45, 2.75) is 32.7 Å². The standard InChI is InChI=1S/C22H26N6O3/c1-14(28-21(30)16-7-3-4-8-17(16)22(28)31)20(29)24-10-9-23-18-13-19(26-15(2)25-18)27-11-5-6-12-27/h3-4,7-8,13-14H,5-6,9-12H2,1-2H3,(H,24,29)(H,23,25,26). The van der Waals surface area contributed by atoms with Crippen molar-refractivity contribution in [1.29, 1.82) is 0 Å². The fraction of sp³-hybridized carbons (Fsp3) is 0.409. The number of nitrogens with one attached hydrogen (secondary N) is 2. The molecule has 4 rings (SSSR count). The van der Waals surface area contributed by atoms with Crippen LogP contribution in [0.25, 0.3) is 0 Å². The van der Waals surface area contributed by atoms with Gasteiger partial charge in [0.05, 0.1) is 11.1 Å². The van der Waals surface area contributed by atoms with Crippen molar-refractivity contribution in [2.24, 2.45) is 0 Å². The average Bonchev–Trinajstić information content (AvgIpc) is 3.38. The molecule has 162 valence electrons. The number of carbonyl (C=O) groups excluding carboxylic acids is 3. The highest BCUT2D eigenvalue weighted by molar-refractivity contribution is 6.22. The first kappa shape index (κ1) is 20.8. The van der Waals surface area contributed by atoms with Gasteiger partial charge in [-0.15, -0.1) is 0 Å². The van der Waals surface area contributed by atoms with Crippen LogP contribution in [0.3, 0.4) is 0 Å². The molecule has 3 heterocycles. The van der Waals surface area contributed by atoms with Gasteiger partial charge in [-0.3, -0.25) is 19.3 Å². The molecular formula is C22H26N6O3. The van der Waals surface area contributed by atoms with E-state index in [1.54, 1.807) is 31.2 Å². The highest BCUT2D eigenvalue weighted by Crippen LogP contribution is 2.24. The van der Waals surface area contributed by atoms with E-state index >= 15 is 0 Å². The number of nitrogens with zero attached hydrogens (tertiary/aromatic N) is 4. The van der Waals surface area contributed by atoms with Crippen molar-refractivity contribution in [1.82, 2.24) is 20.2 Å². The first-order valence-corrected chi connectivity index (χ1v) is 10.5. The number of imide groups is 1. The van der Waals surface area contributed by atoms with Gasteiger partial charge >= 0.3 is 0 Å². The van der Waals surface area contributed by atoms with Crippen molar-refractivity contribution in [2.75, 3.05) is 36.4 Å². The second-order valence-electron chi connectivity index (χ2n) is 7.77. The monoisotopic (exact) mass is 422 g/mol. The summed E-state index contributed by atoms with van der Waals surface area (Å²) in [5.41, 5.74) is 0.670. The zero-order valence-corrected chi connectivity index (χ0v) is 17.7. The number of amides is 3. The number of hydrogen-bond donors (Lipinski definition) is 2. The summed E-state index contributed by atoms with van der Waals surface area (Å²) in [6.07, 6.45) is 2.34. The van der Waals surface area contributed by atoms with Gasteiger partial charge in [0.2, 0.25) is 5.91 Å². The van der Waals surface area contributed by atoms with Crippen molar-refractivity contribution in [3.63, 3.8) is 0 Å². The van der Waals surface area contributed by atoms with Crippen molar-refractivity contribution < 1.29 is 14.4 Å². The molecule has 1 fully saturated rings. The molecule has 1 atom stereocenters. The van der Waals surface area contributed by atoms with Crippen LogP contribution in [-0.2, 0) is 4.79 Å². The summed E-state index contributed by atoms with van der Waals surface area (Å²) >= 11 is 0. The summed E-state index contributed by atoms with van der Waals surface area (Å²) in [7, 11) is 0. The van der Waals surface area contributed by atoms with Crippen LogP contribution in [0.15, 0.2) is 30.3 Å². The van der Waals surface area contributed by atoms with Crippen LogP contribution in [0.4, 0.5) is 11.6 Å². The Morgan fingerprint density at radius 2 is 1.71 bits per heavy atom. The number of aromatic nitrogens is 2. The summed E-state index contributed by atoms with van der Waals surface area (Å²) in [4.78, 5) is 49.8. The Morgan fingerprint density at radius 3 is 2.35 bits per heavy atom. The van der Waals surface area contributed by atoms with Gasteiger partial charge < -0.3 is 15.5 Å². The van der Waals surface area contributed by atoms with Crippen molar-refractivity contribution in [3.05, 3.63) is 47.3 Å². The summed E-state index contributed by atoms with van der Waals surface area (Å²) in [5.74, 6) is 1.05. The van der Waals surface area contributed by atoms with Gasteiger partial charge in [0, 0.05) is 32.2 Å². The third kappa shape index (κ3) is 4.21.